The molecule has 1 N–H and O–H groups in total. The molecule has 0 amide bonds. The second-order valence-electron chi connectivity index (χ2n) is 3.95. The van der Waals surface area contributed by atoms with Crippen molar-refractivity contribution >= 4 is 10.9 Å². The fraction of sp³-hybridized carbons (Fsp3) is 0.385. The van der Waals surface area contributed by atoms with E-state index in [1.54, 1.807) is 19.2 Å². The highest BCUT2D eigenvalue weighted by Crippen LogP contribution is 2.30. The highest BCUT2D eigenvalue weighted by molar-refractivity contribution is 5.81. The number of H-pyrrole nitrogens is 1. The molecule has 0 aliphatic carbocycles. The van der Waals surface area contributed by atoms with Crippen molar-refractivity contribution in [3.63, 3.8) is 0 Å². The molecule has 96 valence electrons. The van der Waals surface area contributed by atoms with E-state index in [0.29, 0.717) is 29.0 Å². The number of unbranched alkanes of at least 4 members (excludes halogenated alkanes) is 1. The number of aromatic amines is 1. The zero-order chi connectivity index (χ0) is 13.0. The first-order chi connectivity index (χ1) is 8.76. The lowest BCUT2D eigenvalue weighted by Gasteiger charge is -2.11. The lowest BCUT2D eigenvalue weighted by Crippen LogP contribution is -2.07. The number of hydrogen-bond acceptors (Lipinski definition) is 4. The average molecular weight is 248 g/mol. The molecule has 0 aliphatic heterocycles. The van der Waals surface area contributed by atoms with Crippen molar-refractivity contribution in [3.05, 3.63) is 28.8 Å². The van der Waals surface area contributed by atoms with Crippen LogP contribution in [0, 0.1) is 0 Å². The first-order valence-corrected chi connectivity index (χ1v) is 5.94. The standard InChI is InChI=1S/C13H16N2O3/c1-3-4-5-18-12-6-9-10(7-11(12)17-2)14-8-15-13(9)16/h6-8H,3-5H2,1-2H3,(H,14,15,16). The third-order valence-electron chi connectivity index (χ3n) is 2.68. The van der Waals surface area contributed by atoms with E-state index in [2.05, 4.69) is 16.9 Å². The predicted octanol–water partition coefficient (Wildman–Crippen LogP) is 2.11. The Balaban J connectivity index is 2.43. The summed E-state index contributed by atoms with van der Waals surface area (Å²) in [5, 5.41) is 0.504. The molecule has 0 atom stereocenters. The Bertz CT molecular complexity index is 592. The minimum atomic E-state index is -0.178. The van der Waals surface area contributed by atoms with Crippen LogP contribution in [0.2, 0.25) is 0 Å². The smallest absolute Gasteiger partial charge is 0.258 e. The molecule has 0 radical (unpaired) electrons. The van der Waals surface area contributed by atoms with Crippen LogP contribution in [0.25, 0.3) is 10.9 Å². The quantitative estimate of drug-likeness (QED) is 0.823. The molecular formula is C13H16N2O3. The molecule has 0 bridgehead atoms. The van der Waals surface area contributed by atoms with Crippen LogP contribution in [-0.2, 0) is 0 Å². The van der Waals surface area contributed by atoms with Gasteiger partial charge < -0.3 is 14.5 Å². The third-order valence-corrected chi connectivity index (χ3v) is 2.68. The second-order valence-corrected chi connectivity index (χ2v) is 3.95. The summed E-state index contributed by atoms with van der Waals surface area (Å²) in [6.07, 6.45) is 3.39. The van der Waals surface area contributed by atoms with E-state index in [0.717, 1.165) is 12.8 Å². The molecule has 0 saturated carbocycles. The molecule has 0 aliphatic rings. The Hall–Kier alpha value is -2.04. The molecule has 1 aromatic carbocycles. The van der Waals surface area contributed by atoms with Crippen molar-refractivity contribution in [2.24, 2.45) is 0 Å². The number of nitrogens with one attached hydrogen (secondary N) is 1. The van der Waals surface area contributed by atoms with Gasteiger partial charge in [0.1, 0.15) is 0 Å². The maximum Gasteiger partial charge on any atom is 0.258 e. The van der Waals surface area contributed by atoms with E-state index >= 15 is 0 Å². The molecule has 0 unspecified atom stereocenters. The fourth-order valence-corrected chi connectivity index (χ4v) is 1.67. The SMILES string of the molecule is CCCCOc1cc2c(=O)[nH]cnc2cc1OC. The van der Waals surface area contributed by atoms with Crippen LogP contribution in [0.3, 0.4) is 0 Å². The molecule has 0 saturated heterocycles. The van der Waals surface area contributed by atoms with E-state index < -0.39 is 0 Å². The van der Waals surface area contributed by atoms with Crippen LogP contribution in [-0.4, -0.2) is 23.7 Å². The molecule has 5 nitrogen and oxygen atoms in total. The summed E-state index contributed by atoms with van der Waals surface area (Å²) in [4.78, 5) is 18.3. The number of rotatable bonds is 5. The number of methoxy groups -OCH3 is 1. The van der Waals surface area contributed by atoms with Crippen LogP contribution in [0.1, 0.15) is 19.8 Å². The van der Waals surface area contributed by atoms with Crippen molar-refractivity contribution in [2.45, 2.75) is 19.8 Å². The second kappa shape index (κ2) is 5.53. The summed E-state index contributed by atoms with van der Waals surface area (Å²) in [5.74, 6) is 1.17. The average Bonchev–Trinajstić information content (AvgIpc) is 2.39. The van der Waals surface area contributed by atoms with Gasteiger partial charge in [-0.2, -0.15) is 0 Å². The Labute approximate surface area is 105 Å². The lowest BCUT2D eigenvalue weighted by atomic mass is 10.2. The summed E-state index contributed by atoms with van der Waals surface area (Å²) in [6.45, 7) is 2.70. The van der Waals surface area contributed by atoms with E-state index in [4.69, 9.17) is 9.47 Å². The summed E-state index contributed by atoms with van der Waals surface area (Å²) in [6, 6.07) is 3.39. The van der Waals surface area contributed by atoms with Gasteiger partial charge in [-0.15, -0.1) is 0 Å². The van der Waals surface area contributed by atoms with Crippen LogP contribution < -0.4 is 15.0 Å². The Morgan fingerprint density at radius 3 is 2.89 bits per heavy atom. The van der Waals surface area contributed by atoms with Gasteiger partial charge in [0.05, 0.1) is 30.9 Å². The Morgan fingerprint density at radius 1 is 1.33 bits per heavy atom. The van der Waals surface area contributed by atoms with Gasteiger partial charge in [0.2, 0.25) is 0 Å². The van der Waals surface area contributed by atoms with Gasteiger partial charge in [-0.3, -0.25) is 4.79 Å². The first kappa shape index (κ1) is 12.4. The number of fused-ring (bicyclic) bond motifs is 1. The summed E-state index contributed by atoms with van der Waals surface area (Å²) >= 11 is 0. The lowest BCUT2D eigenvalue weighted by molar-refractivity contribution is 0.289. The van der Waals surface area contributed by atoms with Crippen molar-refractivity contribution in [2.75, 3.05) is 13.7 Å². The van der Waals surface area contributed by atoms with Crippen LogP contribution >= 0.6 is 0 Å². The van der Waals surface area contributed by atoms with Gasteiger partial charge >= 0.3 is 0 Å². The molecule has 2 aromatic rings. The topological polar surface area (TPSA) is 64.2 Å². The maximum atomic E-state index is 11.7. The summed E-state index contributed by atoms with van der Waals surface area (Å²) < 4.78 is 10.9. The maximum absolute atomic E-state index is 11.7. The molecule has 0 spiro atoms. The highest BCUT2D eigenvalue weighted by Gasteiger charge is 2.09. The van der Waals surface area contributed by atoms with Crippen molar-refractivity contribution in [3.8, 4) is 11.5 Å². The Morgan fingerprint density at radius 2 is 2.17 bits per heavy atom. The van der Waals surface area contributed by atoms with E-state index in [9.17, 15) is 4.79 Å². The van der Waals surface area contributed by atoms with Gasteiger partial charge in [0.25, 0.3) is 5.56 Å². The van der Waals surface area contributed by atoms with E-state index in [1.165, 1.54) is 6.33 Å². The minimum absolute atomic E-state index is 0.178. The van der Waals surface area contributed by atoms with Crippen LogP contribution in [0.15, 0.2) is 23.3 Å². The summed E-state index contributed by atoms with van der Waals surface area (Å²) in [5.41, 5.74) is 0.418. The number of nitrogens with zero attached hydrogens (tertiary/aromatic N) is 1. The molecule has 2 rings (SSSR count). The molecule has 18 heavy (non-hydrogen) atoms. The van der Waals surface area contributed by atoms with E-state index in [1.807, 2.05) is 0 Å². The first-order valence-electron chi connectivity index (χ1n) is 5.94. The molecule has 1 heterocycles. The predicted molar refractivity (Wildman–Crippen MR) is 69.3 cm³/mol. The van der Waals surface area contributed by atoms with Crippen molar-refractivity contribution in [1.82, 2.24) is 9.97 Å². The number of hydrogen-bond donors (Lipinski definition) is 1. The van der Waals surface area contributed by atoms with Gasteiger partial charge in [-0.05, 0) is 12.5 Å². The van der Waals surface area contributed by atoms with Crippen LogP contribution in [0.5, 0.6) is 11.5 Å². The fourth-order valence-electron chi connectivity index (χ4n) is 1.67. The third kappa shape index (κ3) is 2.45. The minimum Gasteiger partial charge on any atom is -0.493 e. The molecule has 5 heteroatoms. The van der Waals surface area contributed by atoms with E-state index in [-0.39, 0.29) is 5.56 Å². The normalized spacial score (nSPS) is 10.6. The van der Waals surface area contributed by atoms with Crippen molar-refractivity contribution in [1.29, 1.82) is 0 Å². The monoisotopic (exact) mass is 248 g/mol. The molecular weight excluding hydrogens is 232 g/mol. The van der Waals surface area contributed by atoms with Gasteiger partial charge in [-0.25, -0.2) is 4.98 Å². The zero-order valence-corrected chi connectivity index (χ0v) is 10.5. The van der Waals surface area contributed by atoms with Gasteiger partial charge in [-0.1, -0.05) is 13.3 Å². The highest BCUT2D eigenvalue weighted by atomic mass is 16.5. The largest absolute Gasteiger partial charge is 0.493 e. The van der Waals surface area contributed by atoms with Gasteiger partial charge in [0.15, 0.2) is 11.5 Å². The molecule has 0 fully saturated rings. The van der Waals surface area contributed by atoms with Crippen LogP contribution in [0.4, 0.5) is 0 Å². The van der Waals surface area contributed by atoms with Gasteiger partial charge in [0, 0.05) is 6.07 Å². The number of ether oxygens (including phenoxy) is 2. The number of benzene rings is 1. The number of aromatic nitrogens is 2. The zero-order valence-electron chi connectivity index (χ0n) is 10.5. The van der Waals surface area contributed by atoms with Crippen molar-refractivity contribution < 1.29 is 9.47 Å². The molecule has 1 aromatic heterocycles. The Kier molecular flexibility index (Phi) is 3.82. The summed E-state index contributed by atoms with van der Waals surface area (Å²) in [7, 11) is 1.57.